The first-order valence-electron chi connectivity index (χ1n) is 9.87. The maximum Gasteiger partial charge on any atom is 0.341 e. The number of aryl methyl sites for hydroxylation is 1. The Balaban J connectivity index is 1.54. The normalized spacial score (nSPS) is 10.2. The summed E-state index contributed by atoms with van der Waals surface area (Å²) in [6, 6.07) is 20.7. The second-order valence-electron chi connectivity index (χ2n) is 6.99. The Morgan fingerprint density at radius 3 is 2.16 bits per heavy atom. The van der Waals surface area contributed by atoms with E-state index >= 15 is 0 Å². The SMILES string of the molecule is Cc1ccccc1NC(=O)Nc1ccc(CC(=O)Nc2ccccc2OCC(=O)O)cc1. The molecule has 0 fully saturated rings. The molecule has 8 nitrogen and oxygen atoms in total. The van der Waals surface area contributed by atoms with E-state index < -0.39 is 12.6 Å². The van der Waals surface area contributed by atoms with E-state index in [1.54, 1.807) is 48.5 Å². The molecule has 3 amide bonds. The van der Waals surface area contributed by atoms with E-state index in [2.05, 4.69) is 16.0 Å². The van der Waals surface area contributed by atoms with Crippen molar-refractivity contribution in [2.75, 3.05) is 22.6 Å². The molecule has 0 unspecified atom stereocenters. The fourth-order valence-electron chi connectivity index (χ4n) is 2.92. The van der Waals surface area contributed by atoms with Crippen LogP contribution in [0.15, 0.2) is 72.8 Å². The fourth-order valence-corrected chi connectivity index (χ4v) is 2.92. The summed E-state index contributed by atoms with van der Waals surface area (Å²) >= 11 is 0. The van der Waals surface area contributed by atoms with Crippen molar-refractivity contribution in [2.45, 2.75) is 13.3 Å². The van der Waals surface area contributed by atoms with Crippen molar-refractivity contribution >= 4 is 35.0 Å². The highest BCUT2D eigenvalue weighted by molar-refractivity contribution is 6.00. The molecule has 32 heavy (non-hydrogen) atoms. The number of ether oxygens (including phenoxy) is 1. The number of urea groups is 1. The molecule has 0 saturated heterocycles. The molecule has 0 radical (unpaired) electrons. The Hall–Kier alpha value is -4.33. The number of amides is 3. The van der Waals surface area contributed by atoms with Crippen molar-refractivity contribution in [3.63, 3.8) is 0 Å². The Labute approximate surface area is 185 Å². The van der Waals surface area contributed by atoms with Gasteiger partial charge in [-0.25, -0.2) is 9.59 Å². The lowest BCUT2D eigenvalue weighted by molar-refractivity contribution is -0.139. The van der Waals surface area contributed by atoms with E-state index in [1.165, 1.54) is 0 Å². The van der Waals surface area contributed by atoms with Crippen LogP contribution in [0.4, 0.5) is 21.9 Å². The molecule has 0 aliphatic rings. The third kappa shape index (κ3) is 6.60. The van der Waals surface area contributed by atoms with Crippen molar-refractivity contribution < 1.29 is 24.2 Å². The van der Waals surface area contributed by atoms with Gasteiger partial charge in [-0.1, -0.05) is 42.5 Å². The van der Waals surface area contributed by atoms with E-state index in [9.17, 15) is 14.4 Å². The first-order valence-corrected chi connectivity index (χ1v) is 9.87. The van der Waals surface area contributed by atoms with Crippen LogP contribution in [0.3, 0.4) is 0 Å². The van der Waals surface area contributed by atoms with Gasteiger partial charge in [-0.05, 0) is 48.4 Å². The molecule has 3 aromatic carbocycles. The molecule has 0 aromatic heterocycles. The van der Waals surface area contributed by atoms with E-state index in [-0.39, 0.29) is 24.1 Å². The number of anilines is 3. The van der Waals surface area contributed by atoms with Crippen molar-refractivity contribution in [1.82, 2.24) is 0 Å². The van der Waals surface area contributed by atoms with Gasteiger partial charge in [0.25, 0.3) is 0 Å². The number of benzene rings is 3. The van der Waals surface area contributed by atoms with Crippen LogP contribution in [0.5, 0.6) is 5.75 Å². The zero-order chi connectivity index (χ0) is 22.9. The minimum Gasteiger partial charge on any atom is -0.480 e. The van der Waals surface area contributed by atoms with E-state index in [1.807, 2.05) is 31.2 Å². The van der Waals surface area contributed by atoms with Crippen LogP contribution in [0.2, 0.25) is 0 Å². The number of carboxylic acids is 1. The van der Waals surface area contributed by atoms with Gasteiger partial charge in [-0.2, -0.15) is 0 Å². The second kappa shape index (κ2) is 10.6. The molecular formula is C24H23N3O5. The number of hydrogen-bond acceptors (Lipinski definition) is 4. The Morgan fingerprint density at radius 2 is 1.47 bits per heavy atom. The number of carbonyl (C=O) groups is 3. The molecule has 0 spiro atoms. The lowest BCUT2D eigenvalue weighted by Gasteiger charge is -2.12. The second-order valence-corrected chi connectivity index (χ2v) is 6.99. The van der Waals surface area contributed by atoms with Crippen LogP contribution in [0, 0.1) is 6.92 Å². The maximum atomic E-state index is 12.4. The molecule has 0 bridgehead atoms. The van der Waals surface area contributed by atoms with Gasteiger partial charge < -0.3 is 25.8 Å². The fraction of sp³-hybridized carbons (Fsp3) is 0.125. The van der Waals surface area contributed by atoms with E-state index in [0.29, 0.717) is 11.4 Å². The van der Waals surface area contributed by atoms with Crippen LogP contribution in [0.25, 0.3) is 0 Å². The quantitative estimate of drug-likeness (QED) is 0.423. The number of hydrogen-bond donors (Lipinski definition) is 4. The summed E-state index contributed by atoms with van der Waals surface area (Å²) in [6.07, 6.45) is 0.100. The van der Waals surface area contributed by atoms with Crippen molar-refractivity contribution in [1.29, 1.82) is 0 Å². The summed E-state index contributed by atoms with van der Waals surface area (Å²) in [7, 11) is 0. The summed E-state index contributed by atoms with van der Waals surface area (Å²) in [5.74, 6) is -1.11. The van der Waals surface area contributed by atoms with Gasteiger partial charge in [0.05, 0.1) is 12.1 Å². The van der Waals surface area contributed by atoms with Gasteiger partial charge in [0, 0.05) is 11.4 Å². The van der Waals surface area contributed by atoms with Crippen LogP contribution in [-0.2, 0) is 16.0 Å². The maximum absolute atomic E-state index is 12.4. The largest absolute Gasteiger partial charge is 0.480 e. The molecule has 0 saturated carbocycles. The summed E-state index contributed by atoms with van der Waals surface area (Å²) in [6.45, 7) is 1.41. The third-order valence-electron chi connectivity index (χ3n) is 4.48. The molecule has 0 heterocycles. The minimum absolute atomic E-state index is 0.100. The third-order valence-corrected chi connectivity index (χ3v) is 4.48. The van der Waals surface area contributed by atoms with Gasteiger partial charge in [-0.3, -0.25) is 4.79 Å². The van der Waals surface area contributed by atoms with Gasteiger partial charge >= 0.3 is 12.0 Å². The number of para-hydroxylation sites is 3. The molecule has 0 aliphatic carbocycles. The average Bonchev–Trinajstić information content (AvgIpc) is 2.76. The predicted molar refractivity (Wildman–Crippen MR) is 122 cm³/mol. The smallest absolute Gasteiger partial charge is 0.341 e. The van der Waals surface area contributed by atoms with Gasteiger partial charge in [0.2, 0.25) is 5.91 Å². The number of aliphatic carboxylic acids is 1. The molecule has 0 atom stereocenters. The van der Waals surface area contributed by atoms with Gasteiger partial charge in [-0.15, -0.1) is 0 Å². The summed E-state index contributed by atoms with van der Waals surface area (Å²) < 4.78 is 5.19. The Morgan fingerprint density at radius 1 is 0.812 bits per heavy atom. The van der Waals surface area contributed by atoms with Crippen LogP contribution in [0.1, 0.15) is 11.1 Å². The van der Waals surface area contributed by atoms with Crippen LogP contribution < -0.4 is 20.7 Å². The molecule has 4 N–H and O–H groups in total. The number of nitrogens with one attached hydrogen (secondary N) is 3. The highest BCUT2D eigenvalue weighted by Crippen LogP contribution is 2.24. The number of rotatable bonds is 8. The molecule has 164 valence electrons. The van der Waals surface area contributed by atoms with E-state index in [0.717, 1.165) is 16.8 Å². The molecule has 8 heteroatoms. The highest BCUT2D eigenvalue weighted by Gasteiger charge is 2.10. The molecule has 3 rings (SSSR count). The van der Waals surface area contributed by atoms with Gasteiger partial charge in [0.15, 0.2) is 6.61 Å². The molecular weight excluding hydrogens is 410 g/mol. The zero-order valence-electron chi connectivity index (χ0n) is 17.4. The number of carboxylic acid groups (broad SMARTS) is 1. The summed E-state index contributed by atoms with van der Waals surface area (Å²) in [5.41, 5.74) is 3.42. The average molecular weight is 433 g/mol. The van der Waals surface area contributed by atoms with Gasteiger partial charge in [0.1, 0.15) is 5.75 Å². The molecule has 0 aliphatic heterocycles. The molecule has 3 aromatic rings. The first-order chi connectivity index (χ1) is 15.4. The monoisotopic (exact) mass is 433 g/mol. The topological polar surface area (TPSA) is 117 Å². The predicted octanol–water partition coefficient (Wildman–Crippen LogP) is 4.28. The first kappa shape index (κ1) is 22.4. The standard InChI is InChI=1S/C24H23N3O5/c1-16-6-2-3-7-19(16)27-24(31)25-18-12-10-17(11-13-18)14-22(28)26-20-8-4-5-9-21(20)32-15-23(29)30/h2-13H,14-15H2,1H3,(H,26,28)(H,29,30)(H2,25,27,31). The summed E-state index contributed by atoms with van der Waals surface area (Å²) in [4.78, 5) is 35.3. The Bertz CT molecular complexity index is 1110. The Kier molecular flexibility index (Phi) is 7.42. The lowest BCUT2D eigenvalue weighted by atomic mass is 10.1. The summed E-state index contributed by atoms with van der Waals surface area (Å²) in [5, 5.41) is 17.0. The van der Waals surface area contributed by atoms with E-state index in [4.69, 9.17) is 9.84 Å². The lowest BCUT2D eigenvalue weighted by Crippen LogP contribution is -2.20. The van der Waals surface area contributed by atoms with Crippen molar-refractivity contribution in [3.8, 4) is 5.75 Å². The zero-order valence-corrected chi connectivity index (χ0v) is 17.4. The van der Waals surface area contributed by atoms with Crippen molar-refractivity contribution in [2.24, 2.45) is 0 Å². The van der Waals surface area contributed by atoms with Crippen LogP contribution >= 0.6 is 0 Å². The van der Waals surface area contributed by atoms with Crippen LogP contribution in [-0.4, -0.2) is 29.6 Å². The minimum atomic E-state index is -1.10. The number of carbonyl (C=O) groups excluding carboxylic acids is 2. The highest BCUT2D eigenvalue weighted by atomic mass is 16.5. The van der Waals surface area contributed by atoms with Crippen molar-refractivity contribution in [3.05, 3.63) is 83.9 Å².